The molecule has 1 N–H and O–H groups in total. The Hall–Kier alpha value is -2.94. The largest absolute Gasteiger partial charge is 0.455 e. The lowest BCUT2D eigenvalue weighted by atomic mass is 9.95. The van der Waals surface area contributed by atoms with Crippen LogP contribution in [0.15, 0.2) is 64.4 Å². The third-order valence-electron chi connectivity index (χ3n) is 7.14. The number of nitrogens with one attached hydrogen (secondary N) is 1. The van der Waals surface area contributed by atoms with E-state index in [0.717, 1.165) is 55.0 Å². The average molecular weight is 522 g/mol. The molecule has 1 saturated heterocycles. The van der Waals surface area contributed by atoms with Gasteiger partial charge in [0, 0.05) is 30.6 Å². The van der Waals surface area contributed by atoms with Gasteiger partial charge in [0.15, 0.2) is 5.76 Å². The molecule has 2 amide bonds. The molecule has 2 fully saturated rings. The van der Waals surface area contributed by atoms with E-state index >= 15 is 0 Å². The van der Waals surface area contributed by atoms with Crippen LogP contribution < -0.4 is 5.32 Å². The number of carbonyl (C=O) groups excluding carboxylic acids is 2. The number of carbonyl (C=O) groups is 2. The predicted molar refractivity (Wildman–Crippen MR) is 143 cm³/mol. The van der Waals surface area contributed by atoms with Gasteiger partial charge in [-0.2, -0.15) is 0 Å². The first kappa shape index (κ1) is 25.7. The number of benzene rings is 1. The molecular weight excluding hydrogens is 486 g/mol. The molecule has 7 nitrogen and oxygen atoms in total. The van der Waals surface area contributed by atoms with Crippen molar-refractivity contribution in [1.82, 2.24) is 15.1 Å². The Bertz CT molecular complexity index is 1140. The minimum Gasteiger partial charge on any atom is -0.455 e. The molecule has 1 aliphatic heterocycles. The van der Waals surface area contributed by atoms with Crippen LogP contribution in [-0.4, -0.2) is 54.0 Å². The number of thiophene rings is 1. The van der Waals surface area contributed by atoms with Gasteiger partial charge in [0.05, 0.1) is 19.8 Å². The van der Waals surface area contributed by atoms with Crippen molar-refractivity contribution in [1.29, 1.82) is 0 Å². The molecule has 5 rings (SSSR count). The zero-order chi connectivity index (χ0) is 25.5. The van der Waals surface area contributed by atoms with Gasteiger partial charge in [0.1, 0.15) is 11.8 Å². The van der Waals surface area contributed by atoms with Crippen molar-refractivity contribution >= 4 is 23.2 Å². The monoisotopic (exact) mass is 521 g/mol. The van der Waals surface area contributed by atoms with Crippen molar-refractivity contribution in [2.45, 2.75) is 57.3 Å². The van der Waals surface area contributed by atoms with E-state index in [0.29, 0.717) is 26.3 Å². The van der Waals surface area contributed by atoms with Crippen molar-refractivity contribution < 1.29 is 18.7 Å². The lowest BCUT2D eigenvalue weighted by Crippen LogP contribution is -2.46. The minimum atomic E-state index is -0.734. The Morgan fingerprint density at radius 2 is 1.78 bits per heavy atom. The first-order valence-corrected chi connectivity index (χ1v) is 14.1. The summed E-state index contributed by atoms with van der Waals surface area (Å²) in [6.07, 6.45) is 5.43. The third kappa shape index (κ3) is 6.69. The summed E-state index contributed by atoms with van der Waals surface area (Å²) >= 11 is 1.50. The van der Waals surface area contributed by atoms with Gasteiger partial charge in [0.25, 0.3) is 5.91 Å². The molecule has 3 heterocycles. The summed E-state index contributed by atoms with van der Waals surface area (Å²) in [6, 6.07) is 16.7. The molecule has 1 aliphatic carbocycles. The Morgan fingerprint density at radius 1 is 1.00 bits per heavy atom. The highest BCUT2D eigenvalue weighted by Crippen LogP contribution is 2.30. The highest BCUT2D eigenvalue weighted by molar-refractivity contribution is 7.10. The smallest absolute Gasteiger partial charge is 0.290 e. The Balaban J connectivity index is 1.42. The molecule has 2 aromatic heterocycles. The van der Waals surface area contributed by atoms with E-state index in [-0.39, 0.29) is 23.6 Å². The fourth-order valence-electron chi connectivity index (χ4n) is 5.16. The van der Waals surface area contributed by atoms with Crippen LogP contribution in [0.3, 0.4) is 0 Å². The molecule has 1 unspecified atom stereocenters. The molecule has 0 bridgehead atoms. The van der Waals surface area contributed by atoms with Crippen LogP contribution in [0.5, 0.6) is 0 Å². The second-order valence-electron chi connectivity index (χ2n) is 9.83. The zero-order valence-electron chi connectivity index (χ0n) is 21.1. The molecule has 8 heteroatoms. The Morgan fingerprint density at radius 3 is 2.51 bits per heavy atom. The van der Waals surface area contributed by atoms with Crippen molar-refractivity contribution in [2.24, 2.45) is 0 Å². The molecule has 0 spiro atoms. The van der Waals surface area contributed by atoms with E-state index in [1.54, 1.807) is 11.0 Å². The van der Waals surface area contributed by atoms with Crippen LogP contribution >= 0.6 is 11.3 Å². The van der Waals surface area contributed by atoms with Crippen LogP contribution in [0.4, 0.5) is 0 Å². The number of furan rings is 1. The number of morpholine rings is 1. The van der Waals surface area contributed by atoms with Gasteiger partial charge < -0.3 is 19.4 Å². The summed E-state index contributed by atoms with van der Waals surface area (Å²) in [6.45, 7) is 4.02. The Kier molecular flexibility index (Phi) is 8.71. The number of rotatable bonds is 9. The third-order valence-corrected chi connectivity index (χ3v) is 8.06. The van der Waals surface area contributed by atoms with Crippen molar-refractivity contribution in [3.63, 3.8) is 0 Å². The average Bonchev–Trinajstić information content (AvgIpc) is 3.63. The molecular formula is C29H35N3O4S. The summed E-state index contributed by atoms with van der Waals surface area (Å²) in [5.41, 5.74) is 0.961. The van der Waals surface area contributed by atoms with Crippen LogP contribution in [-0.2, 0) is 22.6 Å². The first-order chi connectivity index (χ1) is 18.2. The quantitative estimate of drug-likeness (QED) is 0.429. The van der Waals surface area contributed by atoms with E-state index in [4.69, 9.17) is 9.15 Å². The van der Waals surface area contributed by atoms with Gasteiger partial charge in [-0.05, 0) is 42.0 Å². The molecule has 2 aliphatic rings. The summed E-state index contributed by atoms with van der Waals surface area (Å²) in [5, 5.41) is 5.22. The fourth-order valence-corrected chi connectivity index (χ4v) is 5.99. The van der Waals surface area contributed by atoms with Crippen LogP contribution in [0.25, 0.3) is 0 Å². The number of hydrogen-bond acceptors (Lipinski definition) is 6. The summed E-state index contributed by atoms with van der Waals surface area (Å²) < 4.78 is 11.5. The second-order valence-corrected chi connectivity index (χ2v) is 10.8. The molecule has 1 atom stereocenters. The Labute approximate surface area is 222 Å². The predicted octanol–water partition coefficient (Wildman–Crippen LogP) is 5.01. The molecule has 1 aromatic carbocycles. The van der Waals surface area contributed by atoms with Crippen molar-refractivity contribution in [3.05, 3.63) is 81.9 Å². The van der Waals surface area contributed by atoms with Crippen molar-refractivity contribution in [3.8, 4) is 0 Å². The van der Waals surface area contributed by atoms with Gasteiger partial charge in [0.2, 0.25) is 5.91 Å². The zero-order valence-corrected chi connectivity index (χ0v) is 22.0. The van der Waals surface area contributed by atoms with Gasteiger partial charge in [-0.15, -0.1) is 11.3 Å². The molecule has 37 heavy (non-hydrogen) atoms. The van der Waals surface area contributed by atoms with E-state index in [2.05, 4.69) is 10.2 Å². The molecule has 3 aromatic rings. The van der Waals surface area contributed by atoms with Crippen molar-refractivity contribution in [2.75, 3.05) is 26.3 Å². The number of nitrogens with zero attached hydrogens (tertiary/aromatic N) is 2. The van der Waals surface area contributed by atoms with E-state index < -0.39 is 6.04 Å². The van der Waals surface area contributed by atoms with Gasteiger partial charge in [-0.3, -0.25) is 14.5 Å². The summed E-state index contributed by atoms with van der Waals surface area (Å²) in [5.74, 6) is 0.587. The maximum atomic E-state index is 14.0. The lowest BCUT2D eigenvalue weighted by molar-refractivity contribution is -0.127. The maximum absolute atomic E-state index is 14.0. The number of hydrogen-bond donors (Lipinski definition) is 1. The van der Waals surface area contributed by atoms with Crippen LogP contribution in [0.1, 0.15) is 64.9 Å². The lowest BCUT2D eigenvalue weighted by Gasteiger charge is -2.32. The summed E-state index contributed by atoms with van der Waals surface area (Å²) in [7, 11) is 0. The van der Waals surface area contributed by atoms with E-state index in [1.165, 1.54) is 17.8 Å². The molecule has 196 valence electrons. The van der Waals surface area contributed by atoms with Crippen LogP contribution in [0, 0.1) is 0 Å². The normalized spacial score (nSPS) is 17.8. The number of amides is 2. The SMILES string of the molecule is O=C(NC1CCCCC1)C(c1cccs1)N(Cc1ccccc1)C(=O)c1ccc(CN2CCOCC2)o1. The van der Waals surface area contributed by atoms with Crippen LogP contribution in [0.2, 0.25) is 0 Å². The fraction of sp³-hybridized carbons (Fsp3) is 0.448. The molecule has 1 saturated carbocycles. The highest BCUT2D eigenvalue weighted by atomic mass is 32.1. The van der Waals surface area contributed by atoms with E-state index in [9.17, 15) is 9.59 Å². The topological polar surface area (TPSA) is 75.0 Å². The summed E-state index contributed by atoms with van der Waals surface area (Å²) in [4.78, 5) is 32.6. The maximum Gasteiger partial charge on any atom is 0.290 e. The minimum absolute atomic E-state index is 0.126. The standard InChI is InChI=1S/C29H35N3O4S/c33-28(30-23-10-5-2-6-11-23)27(26-12-7-19-37-26)32(20-22-8-3-1-4-9-22)29(34)25-14-13-24(36-25)21-31-15-17-35-18-16-31/h1,3-4,7-9,12-14,19,23,27H,2,5-6,10-11,15-18,20-21H2,(H,30,33). The van der Waals surface area contributed by atoms with Gasteiger partial charge >= 0.3 is 0 Å². The van der Waals surface area contributed by atoms with Gasteiger partial charge in [-0.25, -0.2) is 0 Å². The first-order valence-electron chi connectivity index (χ1n) is 13.2. The number of ether oxygens (including phenoxy) is 1. The second kappa shape index (κ2) is 12.5. The van der Waals surface area contributed by atoms with E-state index in [1.807, 2.05) is 53.9 Å². The highest BCUT2D eigenvalue weighted by Gasteiger charge is 2.35. The molecule has 0 radical (unpaired) electrons. The van der Waals surface area contributed by atoms with Gasteiger partial charge in [-0.1, -0.05) is 55.7 Å².